The number of aromatic nitrogens is 2. The van der Waals surface area contributed by atoms with Crippen LogP contribution in [0.1, 0.15) is 5.56 Å². The molecule has 5 aromatic rings. The number of ether oxygens (including phenoxy) is 1. The van der Waals surface area contributed by atoms with E-state index in [1.54, 1.807) is 11.3 Å². The molecule has 1 aliphatic rings. The maximum absolute atomic E-state index is 5.42. The van der Waals surface area contributed by atoms with Gasteiger partial charge in [0.05, 0.1) is 29.1 Å². The molecule has 4 heterocycles. The normalized spacial score (nSPS) is 14.6. The van der Waals surface area contributed by atoms with E-state index >= 15 is 0 Å². The zero-order valence-electron chi connectivity index (χ0n) is 19.6. The third-order valence-electron chi connectivity index (χ3n) is 6.52. The van der Waals surface area contributed by atoms with Gasteiger partial charge < -0.3 is 20.4 Å². The first kappa shape index (κ1) is 22.2. The second-order valence-corrected chi connectivity index (χ2v) is 9.97. The Balaban J connectivity index is 1.12. The Kier molecular flexibility index (Phi) is 6.47. The fourth-order valence-corrected chi connectivity index (χ4v) is 5.64. The first-order valence-electron chi connectivity index (χ1n) is 12.1. The van der Waals surface area contributed by atoms with Crippen LogP contribution < -0.4 is 10.6 Å². The Morgan fingerprint density at radius 3 is 2.77 bits per heavy atom. The number of H-pyrrole nitrogens is 1. The van der Waals surface area contributed by atoms with Gasteiger partial charge in [-0.1, -0.05) is 24.3 Å². The number of hydrogen-bond acceptors (Lipinski definition) is 6. The van der Waals surface area contributed by atoms with Crippen molar-refractivity contribution in [3.05, 3.63) is 78.6 Å². The predicted octanol–water partition coefficient (Wildman–Crippen LogP) is 5.61. The highest BCUT2D eigenvalue weighted by atomic mass is 32.1. The van der Waals surface area contributed by atoms with Gasteiger partial charge >= 0.3 is 0 Å². The Bertz CT molecular complexity index is 1420. The van der Waals surface area contributed by atoms with Gasteiger partial charge in [0, 0.05) is 66.6 Å². The molecular formula is C28H29N5OS. The number of thiophene rings is 1. The topological polar surface area (TPSA) is 65.2 Å². The maximum Gasteiger partial charge on any atom is 0.0837 e. The lowest BCUT2D eigenvalue weighted by Gasteiger charge is -2.26. The molecule has 7 heteroatoms. The van der Waals surface area contributed by atoms with Crippen LogP contribution in [-0.4, -0.2) is 54.3 Å². The summed E-state index contributed by atoms with van der Waals surface area (Å²) in [5.41, 5.74) is 6.85. The van der Waals surface area contributed by atoms with E-state index in [2.05, 4.69) is 86.2 Å². The molecule has 0 saturated carbocycles. The van der Waals surface area contributed by atoms with E-state index in [1.807, 2.05) is 12.4 Å². The smallest absolute Gasteiger partial charge is 0.0837 e. The number of rotatable bonds is 8. The second-order valence-electron chi connectivity index (χ2n) is 8.92. The molecule has 0 radical (unpaired) electrons. The first-order valence-corrected chi connectivity index (χ1v) is 13.0. The van der Waals surface area contributed by atoms with Crippen LogP contribution in [0, 0.1) is 0 Å². The largest absolute Gasteiger partial charge is 0.379 e. The van der Waals surface area contributed by atoms with Crippen molar-refractivity contribution in [3.63, 3.8) is 0 Å². The summed E-state index contributed by atoms with van der Waals surface area (Å²) in [7, 11) is 0. The zero-order chi connectivity index (χ0) is 23.5. The number of fused-ring (bicyclic) bond motifs is 2. The van der Waals surface area contributed by atoms with E-state index in [4.69, 9.17) is 4.74 Å². The van der Waals surface area contributed by atoms with Gasteiger partial charge in [0.1, 0.15) is 0 Å². The lowest BCUT2D eigenvalue weighted by atomic mass is 10.1. The van der Waals surface area contributed by atoms with Crippen LogP contribution in [0.2, 0.25) is 0 Å². The molecule has 6 rings (SSSR count). The molecule has 1 saturated heterocycles. The quantitative estimate of drug-likeness (QED) is 0.250. The number of hydrogen-bond donors (Lipinski definition) is 3. The molecule has 0 bridgehead atoms. The minimum Gasteiger partial charge on any atom is -0.379 e. The van der Waals surface area contributed by atoms with Crippen molar-refractivity contribution in [2.24, 2.45) is 0 Å². The summed E-state index contributed by atoms with van der Waals surface area (Å²) < 4.78 is 6.59. The minimum absolute atomic E-state index is 0.857. The average Bonchev–Trinajstić information content (AvgIpc) is 3.55. The lowest BCUT2D eigenvalue weighted by molar-refractivity contribution is 0.0384. The number of nitrogens with zero attached hydrogens (tertiary/aromatic N) is 2. The number of nitrogens with one attached hydrogen (secondary N) is 3. The van der Waals surface area contributed by atoms with E-state index in [0.717, 1.165) is 68.3 Å². The summed E-state index contributed by atoms with van der Waals surface area (Å²) in [5.74, 6) is 0. The summed E-state index contributed by atoms with van der Waals surface area (Å²) in [4.78, 5) is 11.6. The molecule has 1 fully saturated rings. The van der Waals surface area contributed by atoms with Crippen LogP contribution in [-0.2, 0) is 11.3 Å². The van der Waals surface area contributed by atoms with Crippen LogP contribution in [0.25, 0.3) is 31.6 Å². The van der Waals surface area contributed by atoms with E-state index in [0.29, 0.717) is 0 Å². The fraction of sp³-hybridized carbons (Fsp3) is 0.250. The van der Waals surface area contributed by atoms with Gasteiger partial charge in [0.25, 0.3) is 0 Å². The molecule has 3 aromatic heterocycles. The Morgan fingerprint density at radius 2 is 1.89 bits per heavy atom. The van der Waals surface area contributed by atoms with Crippen molar-refractivity contribution in [1.82, 2.24) is 20.2 Å². The number of pyridine rings is 1. The van der Waals surface area contributed by atoms with E-state index in [-0.39, 0.29) is 0 Å². The van der Waals surface area contributed by atoms with Crippen molar-refractivity contribution >= 4 is 43.8 Å². The summed E-state index contributed by atoms with van der Waals surface area (Å²) in [6.45, 7) is 6.76. The van der Waals surface area contributed by atoms with Gasteiger partial charge in [-0.25, -0.2) is 0 Å². The Hall–Kier alpha value is -3.23. The molecule has 0 spiro atoms. The van der Waals surface area contributed by atoms with Gasteiger partial charge in [-0.2, -0.15) is 0 Å². The first-order chi connectivity index (χ1) is 17.3. The summed E-state index contributed by atoms with van der Waals surface area (Å²) >= 11 is 1.78. The van der Waals surface area contributed by atoms with Gasteiger partial charge in [0.15, 0.2) is 0 Å². The maximum atomic E-state index is 5.42. The highest BCUT2D eigenvalue weighted by molar-refractivity contribution is 7.22. The number of aromatic amines is 1. The van der Waals surface area contributed by atoms with Crippen LogP contribution in [0.5, 0.6) is 0 Å². The minimum atomic E-state index is 0.857. The van der Waals surface area contributed by atoms with Crippen molar-refractivity contribution in [2.75, 3.05) is 44.7 Å². The molecule has 178 valence electrons. The molecule has 0 aliphatic carbocycles. The van der Waals surface area contributed by atoms with Gasteiger partial charge in [-0.15, -0.1) is 11.3 Å². The molecule has 1 aliphatic heterocycles. The monoisotopic (exact) mass is 483 g/mol. The SMILES string of the molecule is c1cc(Nc2ccc3[nH]ccc3c2)c2sc(-c3ccc(CNCCN4CCOCC4)cc3)cc2n1. The van der Waals surface area contributed by atoms with Crippen LogP contribution >= 0.6 is 11.3 Å². The number of benzene rings is 2. The number of anilines is 2. The van der Waals surface area contributed by atoms with Gasteiger partial charge in [-0.05, 0) is 47.5 Å². The molecule has 35 heavy (non-hydrogen) atoms. The lowest BCUT2D eigenvalue weighted by Crippen LogP contribution is -2.40. The van der Waals surface area contributed by atoms with E-state index in [9.17, 15) is 0 Å². The number of morpholine rings is 1. The van der Waals surface area contributed by atoms with Crippen molar-refractivity contribution in [2.45, 2.75) is 6.54 Å². The molecular weight excluding hydrogens is 454 g/mol. The molecule has 6 nitrogen and oxygen atoms in total. The standard InChI is InChI=1S/C28H29N5OS/c1-3-21(4-2-20(1)19-29-11-12-33-13-15-34-16-14-33)27-18-26-28(35-27)25(8-10-31-26)32-23-5-6-24-22(17-23)7-9-30-24/h1-10,17-18,29-30H,11-16,19H2,(H,31,32). The highest BCUT2D eigenvalue weighted by Crippen LogP contribution is 2.37. The Labute approximate surface area is 208 Å². The summed E-state index contributed by atoms with van der Waals surface area (Å²) in [5, 5.41) is 8.36. The molecule has 0 atom stereocenters. The Morgan fingerprint density at radius 1 is 1.00 bits per heavy atom. The van der Waals surface area contributed by atoms with Crippen molar-refractivity contribution in [1.29, 1.82) is 0 Å². The zero-order valence-corrected chi connectivity index (χ0v) is 20.4. The third kappa shape index (κ3) is 5.09. The third-order valence-corrected chi connectivity index (χ3v) is 7.73. The molecule has 2 aromatic carbocycles. The van der Waals surface area contributed by atoms with Crippen molar-refractivity contribution in [3.8, 4) is 10.4 Å². The summed E-state index contributed by atoms with van der Waals surface area (Å²) in [6, 6.07) is 21.6. The van der Waals surface area contributed by atoms with Gasteiger partial charge in [0.2, 0.25) is 0 Å². The van der Waals surface area contributed by atoms with Gasteiger partial charge in [-0.3, -0.25) is 9.88 Å². The van der Waals surface area contributed by atoms with Crippen molar-refractivity contribution < 1.29 is 4.74 Å². The fourth-order valence-electron chi connectivity index (χ4n) is 4.55. The van der Waals surface area contributed by atoms with Crippen LogP contribution in [0.3, 0.4) is 0 Å². The van der Waals surface area contributed by atoms with E-state index in [1.165, 1.54) is 26.1 Å². The second kappa shape index (κ2) is 10.2. The highest BCUT2D eigenvalue weighted by Gasteiger charge is 2.11. The molecule has 0 amide bonds. The van der Waals surface area contributed by atoms with Crippen LogP contribution in [0.15, 0.2) is 73.1 Å². The van der Waals surface area contributed by atoms with E-state index < -0.39 is 0 Å². The molecule has 3 N–H and O–H groups in total. The average molecular weight is 484 g/mol. The molecule has 0 unspecified atom stereocenters. The predicted molar refractivity (Wildman–Crippen MR) is 146 cm³/mol. The summed E-state index contributed by atoms with van der Waals surface area (Å²) in [6.07, 6.45) is 3.85. The van der Waals surface area contributed by atoms with Crippen LogP contribution in [0.4, 0.5) is 11.4 Å².